The molecule has 1 atom stereocenters. The zero-order valence-electron chi connectivity index (χ0n) is 12.0. The van der Waals surface area contributed by atoms with Gasteiger partial charge in [-0.2, -0.15) is 8.75 Å². The maximum Gasteiger partial charge on any atom is 0.243 e. The summed E-state index contributed by atoms with van der Waals surface area (Å²) in [5.74, 6) is 0. The first-order valence-electron chi connectivity index (χ1n) is 7.42. The van der Waals surface area contributed by atoms with Gasteiger partial charge in [-0.1, -0.05) is 6.07 Å². The normalized spacial score (nSPS) is 24.5. The highest BCUT2D eigenvalue weighted by atomic mass is 32.2. The molecule has 8 heteroatoms. The van der Waals surface area contributed by atoms with Gasteiger partial charge in [0.25, 0.3) is 0 Å². The van der Waals surface area contributed by atoms with Gasteiger partial charge in [0.2, 0.25) is 10.0 Å². The van der Waals surface area contributed by atoms with Gasteiger partial charge in [0.15, 0.2) is 0 Å². The largest absolute Gasteiger partial charge is 0.381 e. The molecule has 2 aromatic rings. The van der Waals surface area contributed by atoms with Crippen molar-refractivity contribution in [2.75, 3.05) is 13.2 Å². The lowest BCUT2D eigenvalue weighted by Crippen LogP contribution is -2.57. The molecule has 2 aliphatic rings. The molecule has 1 aromatic carbocycles. The van der Waals surface area contributed by atoms with Crippen LogP contribution in [0.15, 0.2) is 23.1 Å². The summed E-state index contributed by atoms with van der Waals surface area (Å²) in [6, 6.07) is 5.09. The lowest BCUT2D eigenvalue weighted by atomic mass is 9.60. The van der Waals surface area contributed by atoms with E-state index in [4.69, 9.17) is 4.74 Å². The van der Waals surface area contributed by atoms with Gasteiger partial charge in [0.05, 0.1) is 11.7 Å². The minimum atomic E-state index is -3.58. The van der Waals surface area contributed by atoms with E-state index in [9.17, 15) is 8.42 Å². The van der Waals surface area contributed by atoms with Gasteiger partial charge in [0, 0.05) is 19.3 Å². The van der Waals surface area contributed by atoms with Crippen LogP contribution in [0.25, 0.3) is 11.0 Å². The van der Waals surface area contributed by atoms with Gasteiger partial charge in [0.1, 0.15) is 15.9 Å². The van der Waals surface area contributed by atoms with E-state index in [2.05, 4.69) is 13.5 Å². The van der Waals surface area contributed by atoms with Crippen LogP contribution >= 0.6 is 11.7 Å². The summed E-state index contributed by atoms with van der Waals surface area (Å²) in [5, 5.41) is 0. The smallest absolute Gasteiger partial charge is 0.243 e. The molecule has 1 saturated carbocycles. The summed E-state index contributed by atoms with van der Waals surface area (Å²) in [5.41, 5.74) is 1.17. The van der Waals surface area contributed by atoms with Gasteiger partial charge >= 0.3 is 0 Å². The van der Waals surface area contributed by atoms with Crippen LogP contribution in [-0.2, 0) is 14.8 Å². The molecule has 1 aromatic heterocycles. The topological polar surface area (TPSA) is 81.2 Å². The predicted molar refractivity (Wildman–Crippen MR) is 83.2 cm³/mol. The predicted octanol–water partition coefficient (Wildman–Crippen LogP) is 1.93. The lowest BCUT2D eigenvalue weighted by Gasteiger charge is -2.51. The standard InChI is InChI=1S/C14H17N3O3S2/c18-22(19,11-3-1-2-10-13(11)16-21-15-10)17-12-4-5-14(12)6-8-20-9-7-14/h1-3,12,17H,4-9H2. The Morgan fingerprint density at radius 2 is 2.05 bits per heavy atom. The van der Waals surface area contributed by atoms with Crippen molar-refractivity contribution in [1.82, 2.24) is 13.5 Å². The zero-order valence-corrected chi connectivity index (χ0v) is 13.6. The number of benzene rings is 1. The first kappa shape index (κ1) is 14.5. The third-order valence-electron chi connectivity index (χ3n) is 4.99. The minimum absolute atomic E-state index is 0.00301. The van der Waals surface area contributed by atoms with Gasteiger partial charge in [-0.3, -0.25) is 0 Å². The maximum atomic E-state index is 12.8. The van der Waals surface area contributed by atoms with E-state index in [1.54, 1.807) is 18.2 Å². The number of fused-ring (bicyclic) bond motifs is 1. The summed E-state index contributed by atoms with van der Waals surface area (Å²) in [6.45, 7) is 1.45. The first-order valence-corrected chi connectivity index (χ1v) is 9.64. The molecule has 6 nitrogen and oxygen atoms in total. The first-order chi connectivity index (χ1) is 10.6. The van der Waals surface area contributed by atoms with Crippen molar-refractivity contribution in [3.05, 3.63) is 18.2 Å². The molecule has 118 valence electrons. The summed E-state index contributed by atoms with van der Waals surface area (Å²) in [4.78, 5) is 0.229. The van der Waals surface area contributed by atoms with E-state index < -0.39 is 10.0 Å². The summed E-state index contributed by atoms with van der Waals surface area (Å²) in [7, 11) is -3.58. The van der Waals surface area contributed by atoms with Crippen molar-refractivity contribution in [2.24, 2.45) is 5.41 Å². The highest BCUT2D eigenvalue weighted by Gasteiger charge is 2.49. The molecule has 2 fully saturated rings. The van der Waals surface area contributed by atoms with Crippen LogP contribution in [0.4, 0.5) is 0 Å². The highest BCUT2D eigenvalue weighted by Crippen LogP contribution is 2.49. The van der Waals surface area contributed by atoms with Crippen molar-refractivity contribution in [2.45, 2.75) is 36.6 Å². The molecule has 0 amide bonds. The van der Waals surface area contributed by atoms with E-state index in [0.717, 1.165) is 50.6 Å². The van der Waals surface area contributed by atoms with Crippen LogP contribution in [0.3, 0.4) is 0 Å². The number of sulfonamides is 1. The molecular weight excluding hydrogens is 322 g/mol. The molecule has 1 N–H and O–H groups in total. The monoisotopic (exact) mass is 339 g/mol. The fraction of sp³-hybridized carbons (Fsp3) is 0.571. The maximum absolute atomic E-state index is 12.8. The van der Waals surface area contributed by atoms with E-state index in [1.165, 1.54) is 0 Å². The van der Waals surface area contributed by atoms with Crippen molar-refractivity contribution in [3.63, 3.8) is 0 Å². The zero-order chi connectivity index (χ0) is 15.2. The minimum Gasteiger partial charge on any atom is -0.381 e. The fourth-order valence-corrected chi connectivity index (χ4v) is 5.65. The van der Waals surface area contributed by atoms with E-state index in [1.807, 2.05) is 0 Å². The number of hydrogen-bond donors (Lipinski definition) is 1. The number of ether oxygens (including phenoxy) is 1. The quantitative estimate of drug-likeness (QED) is 0.924. The third-order valence-corrected chi connectivity index (χ3v) is 7.04. The van der Waals surface area contributed by atoms with Gasteiger partial charge in [-0.15, -0.1) is 0 Å². The van der Waals surface area contributed by atoms with Gasteiger partial charge < -0.3 is 4.74 Å². The van der Waals surface area contributed by atoms with Crippen LogP contribution in [0.2, 0.25) is 0 Å². The third kappa shape index (κ3) is 2.25. The average Bonchev–Trinajstić information content (AvgIpc) is 3.01. The molecule has 0 radical (unpaired) electrons. The Bertz CT molecular complexity index is 797. The Morgan fingerprint density at radius 1 is 1.23 bits per heavy atom. The SMILES string of the molecule is O=S(=O)(NC1CCC12CCOCC2)c1cccc2nsnc12. The Hall–Kier alpha value is -1.09. The molecule has 1 saturated heterocycles. The molecule has 4 rings (SSSR count). The van der Waals surface area contributed by atoms with E-state index >= 15 is 0 Å². The average molecular weight is 339 g/mol. The lowest BCUT2D eigenvalue weighted by molar-refractivity contribution is -0.0483. The Labute approximate surface area is 133 Å². The molecule has 2 heterocycles. The van der Waals surface area contributed by atoms with E-state index in [0.29, 0.717) is 11.0 Å². The molecular formula is C14H17N3O3S2. The van der Waals surface area contributed by atoms with Crippen molar-refractivity contribution in [3.8, 4) is 0 Å². The number of hydrogen-bond acceptors (Lipinski definition) is 6. The van der Waals surface area contributed by atoms with Crippen molar-refractivity contribution < 1.29 is 13.2 Å². The fourth-order valence-electron chi connectivity index (χ4n) is 3.51. The van der Waals surface area contributed by atoms with Crippen LogP contribution in [0.1, 0.15) is 25.7 Å². The van der Waals surface area contributed by atoms with Crippen LogP contribution in [0, 0.1) is 5.41 Å². The second-order valence-corrected chi connectivity index (χ2v) is 8.29. The number of nitrogens with one attached hydrogen (secondary N) is 1. The highest BCUT2D eigenvalue weighted by molar-refractivity contribution is 7.89. The Kier molecular flexibility index (Phi) is 3.44. The summed E-state index contributed by atoms with van der Waals surface area (Å²) >= 11 is 1.03. The van der Waals surface area contributed by atoms with Crippen LogP contribution in [-0.4, -0.2) is 36.4 Å². The molecule has 1 unspecified atom stereocenters. The Morgan fingerprint density at radius 3 is 2.77 bits per heavy atom. The number of rotatable bonds is 3. The summed E-state index contributed by atoms with van der Waals surface area (Å²) < 4.78 is 42.1. The van der Waals surface area contributed by atoms with Crippen molar-refractivity contribution in [1.29, 1.82) is 0 Å². The van der Waals surface area contributed by atoms with Gasteiger partial charge in [-0.05, 0) is 43.2 Å². The second-order valence-electron chi connectivity index (χ2n) is 6.08. The second kappa shape index (κ2) is 5.23. The molecule has 0 bridgehead atoms. The number of nitrogens with zero attached hydrogens (tertiary/aromatic N) is 2. The molecule has 1 aliphatic carbocycles. The van der Waals surface area contributed by atoms with E-state index in [-0.39, 0.29) is 16.4 Å². The molecule has 1 aliphatic heterocycles. The van der Waals surface area contributed by atoms with Crippen LogP contribution < -0.4 is 4.72 Å². The summed E-state index contributed by atoms with van der Waals surface area (Å²) in [6.07, 6.45) is 3.84. The van der Waals surface area contributed by atoms with Gasteiger partial charge in [-0.25, -0.2) is 13.1 Å². The number of aromatic nitrogens is 2. The molecule has 22 heavy (non-hydrogen) atoms. The Balaban J connectivity index is 1.63. The molecule has 1 spiro atoms. The van der Waals surface area contributed by atoms with Crippen LogP contribution in [0.5, 0.6) is 0 Å². The van der Waals surface area contributed by atoms with Crippen molar-refractivity contribution >= 4 is 32.8 Å².